The number of ether oxygens (including phenoxy) is 4. The highest BCUT2D eigenvalue weighted by Crippen LogP contribution is 2.41. The summed E-state index contributed by atoms with van der Waals surface area (Å²) < 4.78 is 55.6. The Morgan fingerprint density at radius 1 is 1.15 bits per heavy atom. The first kappa shape index (κ1) is 33.7. The Kier molecular flexibility index (Phi) is 9.45. The molecule has 1 saturated heterocycles. The number of nitrogens with one attached hydrogen (secondary N) is 1. The van der Waals surface area contributed by atoms with Crippen LogP contribution in [0.15, 0.2) is 18.2 Å². The summed E-state index contributed by atoms with van der Waals surface area (Å²) in [5.74, 6) is -4.39. The Morgan fingerprint density at radius 3 is 2.59 bits per heavy atom. The highest BCUT2D eigenvalue weighted by Gasteiger charge is 2.50. The van der Waals surface area contributed by atoms with E-state index in [0.29, 0.717) is 36.8 Å². The summed E-state index contributed by atoms with van der Waals surface area (Å²) in [5, 5.41) is 2.77. The van der Waals surface area contributed by atoms with Crippen molar-refractivity contribution in [3.8, 4) is 11.6 Å². The summed E-state index contributed by atoms with van der Waals surface area (Å²) in [6.45, 7) is 8.92. The lowest BCUT2D eigenvalue weighted by atomic mass is 9.85. The van der Waals surface area contributed by atoms with Crippen molar-refractivity contribution in [3.63, 3.8) is 0 Å². The zero-order valence-electron chi connectivity index (χ0n) is 27.3. The number of methoxy groups -OCH3 is 1. The Labute approximate surface area is 267 Å². The van der Waals surface area contributed by atoms with Gasteiger partial charge in [-0.15, -0.1) is 0 Å². The van der Waals surface area contributed by atoms with Gasteiger partial charge >= 0.3 is 6.09 Å². The average Bonchev–Trinajstić information content (AvgIpc) is 3.54. The van der Waals surface area contributed by atoms with Crippen LogP contribution in [0.5, 0.6) is 11.6 Å². The van der Waals surface area contributed by atoms with Gasteiger partial charge in [0.15, 0.2) is 5.69 Å². The zero-order valence-corrected chi connectivity index (χ0v) is 27.3. The number of aromatic nitrogens is 2. The van der Waals surface area contributed by atoms with E-state index in [1.54, 1.807) is 45.9 Å². The van der Waals surface area contributed by atoms with Crippen LogP contribution in [0.25, 0.3) is 11.0 Å². The third-order valence-corrected chi connectivity index (χ3v) is 9.47. The second-order valence-corrected chi connectivity index (χ2v) is 13.8. The Balaban J connectivity index is 1.60. The van der Waals surface area contributed by atoms with Crippen LogP contribution in [-0.2, 0) is 25.0 Å². The molecule has 0 radical (unpaired) electrons. The first-order chi connectivity index (χ1) is 21.7. The molecule has 1 aliphatic carbocycles. The number of rotatable bonds is 3. The molecule has 2 fully saturated rings. The Hall–Kier alpha value is -3.61. The number of hydrogen-bond acceptors (Lipinski definition) is 9. The van der Waals surface area contributed by atoms with Crippen LogP contribution in [0, 0.1) is 11.3 Å². The van der Waals surface area contributed by atoms with Crippen LogP contribution in [0.4, 0.5) is 13.6 Å². The van der Waals surface area contributed by atoms with Gasteiger partial charge in [0.05, 0.1) is 36.8 Å². The molecule has 13 heteroatoms. The van der Waals surface area contributed by atoms with E-state index in [9.17, 15) is 14.4 Å². The minimum atomic E-state index is -3.45. The van der Waals surface area contributed by atoms with Gasteiger partial charge in [0, 0.05) is 25.0 Å². The molecule has 5 rings (SSSR count). The second-order valence-electron chi connectivity index (χ2n) is 13.8. The lowest BCUT2D eigenvalue weighted by Gasteiger charge is -2.36. The van der Waals surface area contributed by atoms with Crippen molar-refractivity contribution in [2.75, 3.05) is 20.3 Å². The molecule has 1 saturated carbocycles. The lowest BCUT2D eigenvalue weighted by molar-refractivity contribution is -0.140. The topological polar surface area (TPSA) is 129 Å². The molecular weight excluding hydrogens is 602 g/mol. The molecule has 0 unspecified atom stereocenters. The van der Waals surface area contributed by atoms with Crippen LogP contribution in [0.3, 0.4) is 0 Å². The molecule has 11 nitrogen and oxygen atoms in total. The number of aldehydes is 1. The molecule has 6 atom stereocenters. The average molecular weight is 647 g/mol. The molecule has 1 aromatic carbocycles. The van der Waals surface area contributed by atoms with E-state index >= 15 is 8.78 Å². The number of halogens is 2. The van der Waals surface area contributed by atoms with E-state index in [-0.39, 0.29) is 31.0 Å². The number of carbonyl (C=O) groups is 3. The molecule has 1 aromatic heterocycles. The molecular formula is C33H44F2N4O7. The normalized spacial score (nSPS) is 30.7. The van der Waals surface area contributed by atoms with E-state index in [0.717, 1.165) is 6.42 Å². The molecule has 3 heterocycles. The molecule has 2 aromatic rings. The van der Waals surface area contributed by atoms with Gasteiger partial charge in [-0.3, -0.25) is 4.79 Å². The maximum Gasteiger partial charge on any atom is 0.408 e. The number of carbonyl (C=O) groups excluding carboxylic acids is 3. The van der Waals surface area contributed by atoms with Gasteiger partial charge in [-0.1, -0.05) is 27.7 Å². The number of alkyl carbamates (subject to hydrolysis) is 1. The highest BCUT2D eigenvalue weighted by molar-refractivity contribution is 5.89. The molecule has 0 spiro atoms. The molecule has 3 aliphatic rings. The third-order valence-electron chi connectivity index (χ3n) is 9.47. The van der Waals surface area contributed by atoms with Crippen molar-refractivity contribution in [3.05, 3.63) is 23.9 Å². The van der Waals surface area contributed by atoms with Gasteiger partial charge in [0.2, 0.25) is 11.8 Å². The van der Waals surface area contributed by atoms with E-state index < -0.39 is 71.3 Å². The van der Waals surface area contributed by atoms with Crippen LogP contribution in [-0.4, -0.2) is 83.3 Å². The fourth-order valence-electron chi connectivity index (χ4n) is 6.84. The standard InChI is InChI=1S/C33H44F2N4O7/c1-7-20-23(18-40)39-17-24(20)45-28-26(36-21-12-11-19(43-6)16-22(21)37-28)33(34,35)14-9-15-44-25-10-8-13-32(25,5)46-30(42)38-27(29(39)41)31(2,3)4/h11-12,16,18,20,23-25,27H,7-10,13-15,17H2,1-6H3,(H,38,42)/t20-,23+,24-,25+,27+,32+/m0/s1. The van der Waals surface area contributed by atoms with Crippen LogP contribution in [0.1, 0.15) is 78.8 Å². The van der Waals surface area contributed by atoms with Crippen LogP contribution >= 0.6 is 0 Å². The number of amides is 2. The van der Waals surface area contributed by atoms with Crippen molar-refractivity contribution in [1.82, 2.24) is 20.2 Å². The smallest absolute Gasteiger partial charge is 0.408 e. The Bertz CT molecular complexity index is 1470. The number of nitrogens with zero attached hydrogens (tertiary/aromatic N) is 3. The van der Waals surface area contributed by atoms with Crippen LogP contribution < -0.4 is 14.8 Å². The maximum atomic E-state index is 16.0. The second kappa shape index (κ2) is 12.9. The molecule has 46 heavy (non-hydrogen) atoms. The van der Waals surface area contributed by atoms with E-state index in [4.69, 9.17) is 18.9 Å². The SMILES string of the molecule is CC[C@@H]1[C@@H]2CN(C(=O)[C@H](C(C)(C)C)NC(=O)O[C@]3(C)CCC[C@H]3OCCCC(F)(F)c3nc4ccc(OC)cc4nc3O2)[C@@H]1C=O. The van der Waals surface area contributed by atoms with E-state index in [1.165, 1.54) is 12.0 Å². The summed E-state index contributed by atoms with van der Waals surface area (Å²) >= 11 is 0. The van der Waals surface area contributed by atoms with Gasteiger partial charge in [-0.2, -0.15) is 8.78 Å². The monoisotopic (exact) mass is 646 g/mol. The van der Waals surface area contributed by atoms with Crippen LogP contribution in [0.2, 0.25) is 0 Å². The van der Waals surface area contributed by atoms with Crippen molar-refractivity contribution in [2.24, 2.45) is 11.3 Å². The minimum Gasteiger partial charge on any atom is -0.497 e. The van der Waals surface area contributed by atoms with Gasteiger partial charge in [-0.05, 0) is 56.6 Å². The van der Waals surface area contributed by atoms with Crippen molar-refractivity contribution < 1.29 is 42.1 Å². The van der Waals surface area contributed by atoms with Gasteiger partial charge < -0.3 is 34.0 Å². The minimum absolute atomic E-state index is 0.00382. The van der Waals surface area contributed by atoms with Gasteiger partial charge in [0.1, 0.15) is 29.8 Å². The summed E-state index contributed by atoms with van der Waals surface area (Å²) in [4.78, 5) is 50.2. The number of alkyl halides is 2. The quantitative estimate of drug-likeness (QED) is 0.449. The maximum absolute atomic E-state index is 16.0. The number of fused-ring (bicyclic) bond motifs is 5. The molecule has 2 bridgehead atoms. The molecule has 252 valence electrons. The fraction of sp³-hybridized carbons (Fsp3) is 0.667. The summed E-state index contributed by atoms with van der Waals surface area (Å²) in [7, 11) is 1.48. The van der Waals surface area contributed by atoms with E-state index in [2.05, 4.69) is 15.3 Å². The third kappa shape index (κ3) is 6.61. The largest absolute Gasteiger partial charge is 0.497 e. The first-order valence-corrected chi connectivity index (χ1v) is 16.0. The zero-order chi connectivity index (χ0) is 33.4. The number of hydrogen-bond donors (Lipinski definition) is 1. The van der Waals surface area contributed by atoms with Crippen molar-refractivity contribution >= 4 is 29.3 Å². The summed E-state index contributed by atoms with van der Waals surface area (Å²) in [6.07, 6.45) is 0.163. The first-order valence-electron chi connectivity index (χ1n) is 16.0. The summed E-state index contributed by atoms with van der Waals surface area (Å²) in [5.41, 5.74) is -1.86. The van der Waals surface area contributed by atoms with E-state index in [1.807, 2.05) is 6.92 Å². The van der Waals surface area contributed by atoms with Gasteiger partial charge in [0.25, 0.3) is 5.92 Å². The molecule has 2 amide bonds. The highest BCUT2D eigenvalue weighted by atomic mass is 19.3. The predicted octanol–water partition coefficient (Wildman–Crippen LogP) is 5.18. The lowest BCUT2D eigenvalue weighted by Crippen LogP contribution is -2.57. The van der Waals surface area contributed by atoms with Gasteiger partial charge in [-0.25, -0.2) is 14.8 Å². The van der Waals surface area contributed by atoms with Crippen molar-refractivity contribution in [2.45, 2.75) is 109 Å². The Morgan fingerprint density at radius 2 is 1.91 bits per heavy atom. The molecule has 1 N–H and O–H groups in total. The molecule has 2 aliphatic heterocycles. The van der Waals surface area contributed by atoms with Crippen molar-refractivity contribution in [1.29, 1.82) is 0 Å². The number of benzene rings is 1. The predicted molar refractivity (Wildman–Crippen MR) is 164 cm³/mol. The summed E-state index contributed by atoms with van der Waals surface area (Å²) in [6, 6.07) is 2.77. The fourth-order valence-corrected chi connectivity index (χ4v) is 6.84.